The van der Waals surface area contributed by atoms with Gasteiger partial charge in [0, 0.05) is 43.6 Å². The Kier molecular flexibility index (Phi) is 12.4. The summed E-state index contributed by atoms with van der Waals surface area (Å²) < 4.78 is 1.97. The third-order valence-corrected chi connectivity index (χ3v) is 8.94. The molecule has 4 nitrogen and oxygen atoms in total. The highest BCUT2D eigenvalue weighted by Gasteiger charge is 2.26. The minimum absolute atomic E-state index is 0.00602. The summed E-state index contributed by atoms with van der Waals surface area (Å²) in [6, 6.07) is 23.9. The van der Waals surface area contributed by atoms with Gasteiger partial charge in [0.2, 0.25) is 0 Å². The summed E-state index contributed by atoms with van der Waals surface area (Å²) in [6.45, 7) is 25.8. The number of hydrogen-bond acceptors (Lipinski definition) is 4. The van der Waals surface area contributed by atoms with Gasteiger partial charge in [-0.05, 0) is 81.3 Å². The summed E-state index contributed by atoms with van der Waals surface area (Å²) in [5, 5.41) is 21.5. The van der Waals surface area contributed by atoms with E-state index < -0.39 is 0 Å². The van der Waals surface area contributed by atoms with Crippen molar-refractivity contribution in [1.29, 1.82) is 0 Å². The van der Waals surface area contributed by atoms with Crippen molar-refractivity contribution in [1.82, 2.24) is 0 Å². The lowest BCUT2D eigenvalue weighted by Gasteiger charge is -2.27. The molecule has 0 aromatic heterocycles. The molecule has 0 unspecified atom stereocenters. The molecule has 4 aromatic carbocycles. The number of phenols is 2. The van der Waals surface area contributed by atoms with Crippen LogP contribution in [0.25, 0.3) is 0 Å². The third-order valence-electron chi connectivity index (χ3n) is 7.95. The van der Waals surface area contributed by atoms with Gasteiger partial charge in [-0.3, -0.25) is 9.98 Å². The third kappa shape index (κ3) is 10.9. The predicted molar refractivity (Wildman–Crippen MR) is 214 cm³/mol. The van der Waals surface area contributed by atoms with E-state index in [1.807, 2.05) is 60.7 Å². The molecule has 4 rings (SSSR count). The molecular formula is C42H52Br2N2O2. The highest BCUT2D eigenvalue weighted by Crippen LogP contribution is 2.39. The van der Waals surface area contributed by atoms with Crippen molar-refractivity contribution in [3.63, 3.8) is 0 Å². The zero-order valence-electron chi connectivity index (χ0n) is 30.6. The second-order valence-corrected chi connectivity index (χ2v) is 18.2. The SMILES string of the molecule is CC(C)(C)c1cc(C=Nc2cccc(Br)c2)c(O)c(C(C)(C)C)c1.CC(C)(C)c1cc(C=Nc2cccc(Br)c2)c(O)c(C(C)(C)C)c1. The van der Waals surface area contributed by atoms with Crippen LogP contribution in [-0.4, -0.2) is 22.6 Å². The first kappa shape index (κ1) is 39.2. The molecule has 0 aliphatic rings. The van der Waals surface area contributed by atoms with Crippen LogP contribution in [0.5, 0.6) is 11.5 Å². The Balaban J connectivity index is 0.000000260. The van der Waals surface area contributed by atoms with Crippen LogP contribution in [0.15, 0.2) is 91.7 Å². The van der Waals surface area contributed by atoms with Crippen LogP contribution in [0.3, 0.4) is 0 Å². The molecule has 256 valence electrons. The molecule has 0 fully saturated rings. The Bertz CT molecular complexity index is 1660. The first-order valence-electron chi connectivity index (χ1n) is 16.3. The van der Waals surface area contributed by atoms with Crippen LogP contribution in [0.4, 0.5) is 11.4 Å². The van der Waals surface area contributed by atoms with E-state index in [1.165, 1.54) is 11.1 Å². The molecule has 2 N–H and O–H groups in total. The first-order valence-corrected chi connectivity index (χ1v) is 17.9. The lowest BCUT2D eigenvalue weighted by atomic mass is 9.79. The van der Waals surface area contributed by atoms with Crippen LogP contribution < -0.4 is 0 Å². The summed E-state index contributed by atoms with van der Waals surface area (Å²) in [4.78, 5) is 9.06. The van der Waals surface area contributed by atoms with Crippen molar-refractivity contribution >= 4 is 55.7 Å². The summed E-state index contributed by atoms with van der Waals surface area (Å²) in [7, 11) is 0. The van der Waals surface area contributed by atoms with E-state index in [2.05, 4.69) is 137 Å². The molecule has 4 aromatic rings. The molecule has 0 atom stereocenters. The van der Waals surface area contributed by atoms with Crippen LogP contribution >= 0.6 is 31.9 Å². The topological polar surface area (TPSA) is 65.2 Å². The van der Waals surface area contributed by atoms with Crippen molar-refractivity contribution in [2.45, 2.75) is 105 Å². The van der Waals surface area contributed by atoms with Crippen molar-refractivity contribution in [3.8, 4) is 11.5 Å². The summed E-state index contributed by atoms with van der Waals surface area (Å²) in [5.74, 6) is 0.628. The van der Waals surface area contributed by atoms with Gasteiger partial charge in [0.15, 0.2) is 0 Å². The number of halogens is 2. The average molecular weight is 777 g/mol. The van der Waals surface area contributed by atoms with Crippen molar-refractivity contribution in [2.24, 2.45) is 9.98 Å². The van der Waals surface area contributed by atoms with Gasteiger partial charge >= 0.3 is 0 Å². The van der Waals surface area contributed by atoms with Gasteiger partial charge in [0.25, 0.3) is 0 Å². The number of phenolic OH excluding ortho intramolecular Hbond substituents is 2. The van der Waals surface area contributed by atoms with E-state index in [-0.39, 0.29) is 21.7 Å². The first-order chi connectivity index (χ1) is 22.0. The number of aliphatic imine (C=N–C) groups is 2. The van der Waals surface area contributed by atoms with Crippen LogP contribution in [-0.2, 0) is 21.7 Å². The van der Waals surface area contributed by atoms with E-state index in [0.29, 0.717) is 11.5 Å². The van der Waals surface area contributed by atoms with E-state index in [0.717, 1.165) is 42.6 Å². The summed E-state index contributed by atoms with van der Waals surface area (Å²) in [5.41, 5.74) is 7.24. The Morgan fingerprint density at radius 1 is 0.479 bits per heavy atom. The fourth-order valence-electron chi connectivity index (χ4n) is 4.92. The number of aromatic hydroxyl groups is 2. The van der Waals surface area contributed by atoms with Crippen LogP contribution in [0, 0.1) is 0 Å². The van der Waals surface area contributed by atoms with Gasteiger partial charge in [-0.1, -0.05) is 139 Å². The fraction of sp³-hybridized carbons (Fsp3) is 0.381. The van der Waals surface area contributed by atoms with E-state index in [9.17, 15) is 10.2 Å². The molecule has 0 amide bonds. The second kappa shape index (κ2) is 15.1. The van der Waals surface area contributed by atoms with Gasteiger partial charge in [-0.25, -0.2) is 0 Å². The molecule has 6 heteroatoms. The maximum atomic E-state index is 10.7. The van der Waals surface area contributed by atoms with Crippen LogP contribution in [0.2, 0.25) is 0 Å². The minimum Gasteiger partial charge on any atom is -0.507 e. The zero-order chi connectivity index (χ0) is 36.2. The predicted octanol–water partition coefficient (Wildman–Crippen LogP) is 13.0. The standard InChI is InChI=1S/2C21H26BrNO/c2*1-20(2,3)15-10-14(19(24)18(11-15)21(4,5)6)13-23-17-9-7-8-16(22)12-17/h2*7-13,24H,1-6H3. The van der Waals surface area contributed by atoms with Gasteiger partial charge in [0.1, 0.15) is 11.5 Å². The highest BCUT2D eigenvalue weighted by atomic mass is 79.9. The number of rotatable bonds is 4. The zero-order valence-corrected chi connectivity index (χ0v) is 33.8. The summed E-state index contributed by atoms with van der Waals surface area (Å²) >= 11 is 6.91. The molecule has 0 spiro atoms. The van der Waals surface area contributed by atoms with E-state index >= 15 is 0 Å². The molecule has 0 radical (unpaired) electrons. The van der Waals surface area contributed by atoms with Gasteiger partial charge in [-0.15, -0.1) is 0 Å². The average Bonchev–Trinajstić information content (AvgIpc) is 2.94. The van der Waals surface area contributed by atoms with Crippen molar-refractivity contribution < 1.29 is 10.2 Å². The number of benzene rings is 4. The Hall–Kier alpha value is -3.22. The molecule has 0 saturated carbocycles. The van der Waals surface area contributed by atoms with E-state index in [4.69, 9.17) is 0 Å². The molecule has 0 aliphatic heterocycles. The fourth-order valence-corrected chi connectivity index (χ4v) is 5.70. The lowest BCUT2D eigenvalue weighted by molar-refractivity contribution is 0.443. The number of hydrogen-bond donors (Lipinski definition) is 2. The Morgan fingerprint density at radius 2 is 0.812 bits per heavy atom. The van der Waals surface area contributed by atoms with E-state index in [1.54, 1.807) is 12.4 Å². The highest BCUT2D eigenvalue weighted by molar-refractivity contribution is 9.10. The summed E-state index contributed by atoms with van der Waals surface area (Å²) in [6.07, 6.45) is 3.50. The quantitative estimate of drug-likeness (QED) is 0.203. The Labute approximate surface area is 305 Å². The molecular weight excluding hydrogens is 724 g/mol. The van der Waals surface area contributed by atoms with Crippen LogP contribution in [0.1, 0.15) is 116 Å². The maximum absolute atomic E-state index is 10.7. The molecule has 0 aliphatic carbocycles. The Morgan fingerprint density at radius 3 is 1.08 bits per heavy atom. The monoisotopic (exact) mass is 774 g/mol. The lowest BCUT2D eigenvalue weighted by Crippen LogP contribution is -2.17. The van der Waals surface area contributed by atoms with Crippen molar-refractivity contribution in [2.75, 3.05) is 0 Å². The van der Waals surface area contributed by atoms with Gasteiger partial charge in [-0.2, -0.15) is 0 Å². The molecule has 0 saturated heterocycles. The molecule has 0 bridgehead atoms. The van der Waals surface area contributed by atoms with Crippen molar-refractivity contribution in [3.05, 3.63) is 115 Å². The normalized spacial score (nSPS) is 12.8. The van der Waals surface area contributed by atoms with Gasteiger partial charge < -0.3 is 10.2 Å². The second-order valence-electron chi connectivity index (χ2n) is 16.4. The maximum Gasteiger partial charge on any atom is 0.128 e. The molecule has 48 heavy (non-hydrogen) atoms. The minimum atomic E-state index is -0.135. The smallest absolute Gasteiger partial charge is 0.128 e. The molecule has 0 heterocycles. The number of nitrogens with zero attached hydrogens (tertiary/aromatic N) is 2. The largest absolute Gasteiger partial charge is 0.507 e. The van der Waals surface area contributed by atoms with Gasteiger partial charge in [0.05, 0.1) is 11.4 Å².